The molecular formula is C9H15ClN2. The first-order valence-corrected chi connectivity index (χ1v) is 4.80. The van der Waals surface area contributed by atoms with Crippen LogP contribution in [0.3, 0.4) is 0 Å². The smallest absolute Gasteiger partial charge is 0.0682 e. The van der Waals surface area contributed by atoms with E-state index < -0.39 is 0 Å². The predicted octanol–water partition coefficient (Wildman–Crippen LogP) is 2.62. The lowest BCUT2D eigenvalue weighted by atomic mass is 10.0. The van der Waals surface area contributed by atoms with Crippen molar-refractivity contribution in [3.63, 3.8) is 0 Å². The molecular weight excluding hydrogens is 172 g/mol. The van der Waals surface area contributed by atoms with Gasteiger partial charge < -0.3 is 0 Å². The molecule has 1 heterocycles. The Hall–Kier alpha value is -0.500. The van der Waals surface area contributed by atoms with E-state index in [1.807, 2.05) is 6.92 Å². The summed E-state index contributed by atoms with van der Waals surface area (Å²) < 4.78 is 0. The molecule has 0 saturated heterocycles. The zero-order chi connectivity index (χ0) is 9.14. The SMILES string of the molecule is Cc1[nH]nc(C(C)C)c1CCCl. The molecule has 0 amide bonds. The third-order valence-corrected chi connectivity index (χ3v) is 2.19. The standard InChI is InChI=1S/C9H15ClN2/c1-6(2)9-8(4-5-10)7(3)11-12-9/h6H,4-5H2,1-3H3,(H,11,12). The largest absolute Gasteiger partial charge is 0.282 e. The maximum atomic E-state index is 5.70. The topological polar surface area (TPSA) is 28.7 Å². The first-order valence-electron chi connectivity index (χ1n) is 4.26. The number of hydrogen-bond acceptors (Lipinski definition) is 1. The summed E-state index contributed by atoms with van der Waals surface area (Å²) in [4.78, 5) is 0. The molecule has 68 valence electrons. The van der Waals surface area contributed by atoms with Crippen LogP contribution in [0.4, 0.5) is 0 Å². The lowest BCUT2D eigenvalue weighted by Gasteiger charge is -2.03. The number of hydrogen-bond donors (Lipinski definition) is 1. The summed E-state index contributed by atoms with van der Waals surface area (Å²) >= 11 is 5.70. The first-order chi connectivity index (χ1) is 5.66. The highest BCUT2D eigenvalue weighted by molar-refractivity contribution is 6.18. The molecule has 2 nitrogen and oxygen atoms in total. The van der Waals surface area contributed by atoms with Crippen molar-refractivity contribution in [1.82, 2.24) is 10.2 Å². The molecule has 12 heavy (non-hydrogen) atoms. The van der Waals surface area contributed by atoms with Gasteiger partial charge in [0.1, 0.15) is 0 Å². The number of aromatic nitrogens is 2. The fraction of sp³-hybridized carbons (Fsp3) is 0.667. The molecule has 1 aromatic heterocycles. The predicted molar refractivity (Wildman–Crippen MR) is 51.8 cm³/mol. The Labute approximate surface area is 78.3 Å². The number of alkyl halides is 1. The second kappa shape index (κ2) is 3.94. The van der Waals surface area contributed by atoms with E-state index in [1.165, 1.54) is 5.56 Å². The molecule has 0 saturated carbocycles. The summed E-state index contributed by atoms with van der Waals surface area (Å²) in [5.74, 6) is 1.15. The molecule has 0 aliphatic rings. The van der Waals surface area contributed by atoms with Gasteiger partial charge in [-0.15, -0.1) is 11.6 Å². The molecule has 0 aromatic carbocycles. The highest BCUT2D eigenvalue weighted by Gasteiger charge is 2.11. The second-order valence-corrected chi connectivity index (χ2v) is 3.68. The van der Waals surface area contributed by atoms with Crippen LogP contribution < -0.4 is 0 Å². The van der Waals surface area contributed by atoms with Crippen molar-refractivity contribution in [2.45, 2.75) is 33.1 Å². The van der Waals surface area contributed by atoms with Crippen molar-refractivity contribution in [1.29, 1.82) is 0 Å². The second-order valence-electron chi connectivity index (χ2n) is 3.31. The van der Waals surface area contributed by atoms with E-state index in [0.717, 1.165) is 17.8 Å². The van der Waals surface area contributed by atoms with Gasteiger partial charge in [0.15, 0.2) is 0 Å². The van der Waals surface area contributed by atoms with E-state index in [1.54, 1.807) is 0 Å². The van der Waals surface area contributed by atoms with Crippen LogP contribution in [-0.2, 0) is 6.42 Å². The number of aryl methyl sites for hydroxylation is 1. The summed E-state index contributed by atoms with van der Waals surface area (Å²) in [6.07, 6.45) is 0.914. The fourth-order valence-electron chi connectivity index (χ4n) is 1.36. The van der Waals surface area contributed by atoms with Gasteiger partial charge in [0, 0.05) is 11.6 Å². The van der Waals surface area contributed by atoms with E-state index >= 15 is 0 Å². The molecule has 1 rings (SSSR count). The van der Waals surface area contributed by atoms with Crippen LogP contribution >= 0.6 is 11.6 Å². The van der Waals surface area contributed by atoms with E-state index in [0.29, 0.717) is 11.8 Å². The highest BCUT2D eigenvalue weighted by Crippen LogP contribution is 2.19. The van der Waals surface area contributed by atoms with Crippen LogP contribution in [0.1, 0.15) is 36.7 Å². The number of rotatable bonds is 3. The van der Waals surface area contributed by atoms with Gasteiger partial charge in [0.05, 0.1) is 5.69 Å². The van der Waals surface area contributed by atoms with Crippen molar-refractivity contribution in [2.75, 3.05) is 5.88 Å². The van der Waals surface area contributed by atoms with Crippen LogP contribution in [0.2, 0.25) is 0 Å². The van der Waals surface area contributed by atoms with Gasteiger partial charge in [-0.05, 0) is 24.8 Å². The number of H-pyrrole nitrogens is 1. The summed E-state index contributed by atoms with van der Waals surface area (Å²) in [7, 11) is 0. The molecule has 1 aromatic rings. The summed E-state index contributed by atoms with van der Waals surface area (Å²) in [5, 5.41) is 7.24. The molecule has 0 fully saturated rings. The van der Waals surface area contributed by atoms with Crippen molar-refractivity contribution >= 4 is 11.6 Å². The molecule has 0 aliphatic heterocycles. The Bertz CT molecular complexity index is 253. The monoisotopic (exact) mass is 186 g/mol. The third kappa shape index (κ3) is 1.81. The van der Waals surface area contributed by atoms with Gasteiger partial charge in [-0.1, -0.05) is 13.8 Å². The van der Waals surface area contributed by atoms with E-state index in [-0.39, 0.29) is 0 Å². The fourth-order valence-corrected chi connectivity index (χ4v) is 1.55. The van der Waals surface area contributed by atoms with Gasteiger partial charge in [-0.3, -0.25) is 5.10 Å². The number of nitrogens with zero attached hydrogens (tertiary/aromatic N) is 1. The van der Waals surface area contributed by atoms with Crippen molar-refractivity contribution in [2.24, 2.45) is 0 Å². The van der Waals surface area contributed by atoms with Gasteiger partial charge >= 0.3 is 0 Å². The Balaban J connectivity index is 2.95. The minimum atomic E-state index is 0.480. The Morgan fingerprint density at radius 3 is 2.67 bits per heavy atom. The van der Waals surface area contributed by atoms with Gasteiger partial charge in [-0.2, -0.15) is 5.10 Å². The summed E-state index contributed by atoms with van der Waals surface area (Å²) in [6, 6.07) is 0. The Morgan fingerprint density at radius 2 is 2.17 bits per heavy atom. The molecule has 0 radical (unpaired) electrons. The quantitative estimate of drug-likeness (QED) is 0.723. The molecule has 0 bridgehead atoms. The summed E-state index contributed by atoms with van der Waals surface area (Å²) in [5.41, 5.74) is 3.60. The molecule has 3 heteroatoms. The molecule has 0 aliphatic carbocycles. The molecule has 0 unspecified atom stereocenters. The molecule has 0 atom stereocenters. The minimum absolute atomic E-state index is 0.480. The zero-order valence-corrected chi connectivity index (χ0v) is 8.57. The number of nitrogens with one attached hydrogen (secondary N) is 1. The van der Waals surface area contributed by atoms with Crippen LogP contribution in [0, 0.1) is 6.92 Å². The number of aromatic amines is 1. The van der Waals surface area contributed by atoms with E-state index in [2.05, 4.69) is 24.0 Å². The first kappa shape index (κ1) is 9.59. The van der Waals surface area contributed by atoms with E-state index in [4.69, 9.17) is 11.6 Å². The summed E-state index contributed by atoms with van der Waals surface area (Å²) in [6.45, 7) is 6.33. The van der Waals surface area contributed by atoms with Crippen molar-refractivity contribution in [3.8, 4) is 0 Å². The van der Waals surface area contributed by atoms with Gasteiger partial charge in [0.2, 0.25) is 0 Å². The van der Waals surface area contributed by atoms with Crippen molar-refractivity contribution in [3.05, 3.63) is 17.0 Å². The lowest BCUT2D eigenvalue weighted by Crippen LogP contribution is -1.96. The van der Waals surface area contributed by atoms with Crippen LogP contribution in [-0.4, -0.2) is 16.1 Å². The van der Waals surface area contributed by atoms with Crippen LogP contribution in [0.5, 0.6) is 0 Å². The Morgan fingerprint density at radius 1 is 1.50 bits per heavy atom. The normalized spacial score (nSPS) is 11.1. The average Bonchev–Trinajstić information content (AvgIpc) is 2.34. The maximum absolute atomic E-state index is 5.70. The lowest BCUT2D eigenvalue weighted by molar-refractivity contribution is 0.797. The van der Waals surface area contributed by atoms with Crippen LogP contribution in [0.25, 0.3) is 0 Å². The number of halogens is 1. The van der Waals surface area contributed by atoms with Crippen molar-refractivity contribution < 1.29 is 0 Å². The zero-order valence-electron chi connectivity index (χ0n) is 7.82. The minimum Gasteiger partial charge on any atom is -0.282 e. The third-order valence-electron chi connectivity index (χ3n) is 2.00. The maximum Gasteiger partial charge on any atom is 0.0682 e. The highest BCUT2D eigenvalue weighted by atomic mass is 35.5. The molecule has 1 N–H and O–H groups in total. The van der Waals surface area contributed by atoms with Crippen LogP contribution in [0.15, 0.2) is 0 Å². The average molecular weight is 187 g/mol. The Kier molecular flexibility index (Phi) is 3.15. The van der Waals surface area contributed by atoms with Gasteiger partial charge in [0.25, 0.3) is 0 Å². The van der Waals surface area contributed by atoms with E-state index in [9.17, 15) is 0 Å². The molecule has 0 spiro atoms. The van der Waals surface area contributed by atoms with Gasteiger partial charge in [-0.25, -0.2) is 0 Å².